The molecule has 2 aliphatic carbocycles. The number of halogens is 3. The van der Waals surface area contributed by atoms with Crippen molar-refractivity contribution in [1.29, 1.82) is 0 Å². The van der Waals surface area contributed by atoms with E-state index in [9.17, 15) is 22.8 Å². The van der Waals surface area contributed by atoms with Gasteiger partial charge in [-0.15, -0.1) is 0 Å². The number of hydrogen-bond donors (Lipinski definition) is 1. The van der Waals surface area contributed by atoms with Crippen molar-refractivity contribution in [2.75, 3.05) is 20.3 Å². The van der Waals surface area contributed by atoms with Crippen molar-refractivity contribution in [3.8, 4) is 5.75 Å². The van der Waals surface area contributed by atoms with E-state index in [1.807, 2.05) is 6.07 Å². The lowest BCUT2D eigenvalue weighted by molar-refractivity contribution is -0.164. The van der Waals surface area contributed by atoms with Crippen LogP contribution in [-0.4, -0.2) is 43.7 Å². The highest BCUT2D eigenvalue weighted by Gasteiger charge is 2.39. The first-order valence-electron chi connectivity index (χ1n) is 12.9. The number of rotatable bonds is 11. The highest BCUT2D eigenvalue weighted by atomic mass is 19.4. The summed E-state index contributed by atoms with van der Waals surface area (Å²) in [5.74, 6) is 3.13. The average Bonchev–Trinajstić information content (AvgIpc) is 3.23. The minimum Gasteiger partial charge on any atom is -0.482 e. The van der Waals surface area contributed by atoms with E-state index in [1.54, 1.807) is 0 Å². The molecule has 9 heteroatoms. The normalized spacial score (nSPS) is 20.4. The SMILES string of the molecule is CCCCCCCC[C@H]1CCC2Cc3c(cccc3OCC(=O)OC)CC21.O=C(O)OCC(F)(F)F. The molecule has 0 heterocycles. The summed E-state index contributed by atoms with van der Waals surface area (Å²) in [6.45, 7) is 0.537. The maximum absolute atomic E-state index is 11.4. The summed E-state index contributed by atoms with van der Waals surface area (Å²) in [6, 6.07) is 6.34. The lowest BCUT2D eigenvalue weighted by Gasteiger charge is -2.32. The maximum atomic E-state index is 11.4. The first-order valence-corrected chi connectivity index (χ1v) is 12.9. The maximum Gasteiger partial charge on any atom is 0.506 e. The molecule has 2 aliphatic rings. The van der Waals surface area contributed by atoms with E-state index in [4.69, 9.17) is 14.6 Å². The lowest BCUT2D eigenvalue weighted by atomic mass is 9.73. The Morgan fingerprint density at radius 1 is 1.06 bits per heavy atom. The van der Waals surface area contributed by atoms with Gasteiger partial charge in [0.25, 0.3) is 0 Å². The summed E-state index contributed by atoms with van der Waals surface area (Å²) >= 11 is 0. The third kappa shape index (κ3) is 10.3. The number of methoxy groups -OCH3 is 1. The van der Waals surface area contributed by atoms with Gasteiger partial charge in [-0.2, -0.15) is 13.2 Å². The lowest BCUT2D eigenvalue weighted by Crippen LogP contribution is -2.26. The Bertz CT molecular complexity index is 826. The highest BCUT2D eigenvalue weighted by molar-refractivity contribution is 5.71. The number of esters is 1. The minimum atomic E-state index is -4.57. The fraction of sp³-hybridized carbons (Fsp3) is 0.704. The summed E-state index contributed by atoms with van der Waals surface area (Å²) in [5, 5.41) is 7.55. The molecule has 1 fully saturated rings. The second kappa shape index (κ2) is 15.0. The van der Waals surface area contributed by atoms with E-state index in [-0.39, 0.29) is 12.6 Å². The fourth-order valence-electron chi connectivity index (χ4n) is 5.40. The molecule has 1 aromatic carbocycles. The van der Waals surface area contributed by atoms with Crippen LogP contribution in [0.5, 0.6) is 5.75 Å². The van der Waals surface area contributed by atoms with E-state index in [1.165, 1.54) is 82.4 Å². The van der Waals surface area contributed by atoms with E-state index in [0.29, 0.717) is 0 Å². The Kier molecular flexibility index (Phi) is 12.4. The van der Waals surface area contributed by atoms with Gasteiger partial charge in [-0.25, -0.2) is 9.59 Å². The van der Waals surface area contributed by atoms with Crippen molar-refractivity contribution in [3.05, 3.63) is 29.3 Å². The summed E-state index contributed by atoms with van der Waals surface area (Å²) in [5.41, 5.74) is 2.77. The van der Waals surface area contributed by atoms with E-state index in [0.717, 1.165) is 29.9 Å². The number of hydrogen-bond acceptors (Lipinski definition) is 5. The molecule has 0 amide bonds. The zero-order chi connectivity index (χ0) is 26.6. The predicted molar refractivity (Wildman–Crippen MR) is 129 cm³/mol. The minimum absolute atomic E-state index is 0.00169. The Labute approximate surface area is 211 Å². The van der Waals surface area contributed by atoms with Crippen molar-refractivity contribution in [2.24, 2.45) is 17.8 Å². The molecule has 204 valence electrons. The molecule has 2 unspecified atom stereocenters. The van der Waals surface area contributed by atoms with Crippen LogP contribution in [0.25, 0.3) is 0 Å². The van der Waals surface area contributed by atoms with Crippen LogP contribution in [-0.2, 0) is 27.1 Å². The number of carbonyl (C=O) groups excluding carboxylic acids is 1. The van der Waals surface area contributed by atoms with Crippen LogP contribution in [0.1, 0.15) is 75.8 Å². The summed E-state index contributed by atoms with van der Waals surface area (Å²) in [4.78, 5) is 20.7. The molecule has 1 aromatic rings. The molecule has 0 radical (unpaired) electrons. The van der Waals surface area contributed by atoms with Gasteiger partial charge in [0, 0.05) is 0 Å². The molecule has 0 aromatic heterocycles. The van der Waals surface area contributed by atoms with Crippen LogP contribution < -0.4 is 4.74 Å². The molecule has 0 saturated heterocycles. The summed E-state index contributed by atoms with van der Waals surface area (Å²) < 4.78 is 46.8. The monoisotopic (exact) mass is 516 g/mol. The first kappa shape index (κ1) is 29.8. The van der Waals surface area contributed by atoms with Gasteiger partial charge >= 0.3 is 18.3 Å². The first-order chi connectivity index (χ1) is 17.1. The molecule has 1 N–H and O–H groups in total. The van der Waals surface area contributed by atoms with Gasteiger partial charge in [-0.3, -0.25) is 0 Å². The Hall–Kier alpha value is -2.45. The molecular weight excluding hydrogens is 477 g/mol. The van der Waals surface area contributed by atoms with Gasteiger partial charge in [0.05, 0.1) is 7.11 Å². The molecule has 6 nitrogen and oxygen atoms in total. The largest absolute Gasteiger partial charge is 0.506 e. The molecule has 1 saturated carbocycles. The van der Waals surface area contributed by atoms with Crippen molar-refractivity contribution >= 4 is 12.1 Å². The number of fused-ring (bicyclic) bond motifs is 2. The average molecular weight is 517 g/mol. The predicted octanol–water partition coefficient (Wildman–Crippen LogP) is 6.97. The zero-order valence-corrected chi connectivity index (χ0v) is 21.3. The van der Waals surface area contributed by atoms with Gasteiger partial charge in [0.1, 0.15) is 5.75 Å². The van der Waals surface area contributed by atoms with Crippen molar-refractivity contribution < 1.29 is 42.1 Å². The number of ether oxygens (including phenoxy) is 3. The summed E-state index contributed by atoms with van der Waals surface area (Å²) in [6.07, 6.45) is 8.36. The van der Waals surface area contributed by atoms with Crippen LogP contribution in [0.15, 0.2) is 18.2 Å². The van der Waals surface area contributed by atoms with Crippen LogP contribution in [0.2, 0.25) is 0 Å². The van der Waals surface area contributed by atoms with E-state index in [2.05, 4.69) is 23.8 Å². The third-order valence-corrected chi connectivity index (χ3v) is 7.13. The number of benzene rings is 1. The molecule has 0 bridgehead atoms. The Morgan fingerprint density at radius 3 is 2.42 bits per heavy atom. The molecule has 0 aliphatic heterocycles. The van der Waals surface area contributed by atoms with E-state index < -0.39 is 18.9 Å². The second-order valence-corrected chi connectivity index (χ2v) is 9.65. The molecule has 0 spiro atoms. The number of carbonyl (C=O) groups is 2. The molecule has 3 atom stereocenters. The number of carboxylic acid groups (broad SMARTS) is 1. The highest BCUT2D eigenvalue weighted by Crippen LogP contribution is 2.48. The Balaban J connectivity index is 0.000000434. The number of alkyl halides is 3. The van der Waals surface area contributed by atoms with Crippen molar-refractivity contribution in [2.45, 2.75) is 83.7 Å². The van der Waals surface area contributed by atoms with Gasteiger partial charge < -0.3 is 19.3 Å². The van der Waals surface area contributed by atoms with Gasteiger partial charge in [-0.05, 0) is 60.6 Å². The molecule has 36 heavy (non-hydrogen) atoms. The second-order valence-electron chi connectivity index (χ2n) is 9.65. The zero-order valence-electron chi connectivity index (χ0n) is 21.3. The molecule has 3 rings (SSSR count). The van der Waals surface area contributed by atoms with Crippen LogP contribution >= 0.6 is 0 Å². The van der Waals surface area contributed by atoms with E-state index >= 15 is 0 Å². The summed E-state index contributed by atoms with van der Waals surface area (Å²) in [7, 11) is 1.40. The topological polar surface area (TPSA) is 82.1 Å². The van der Waals surface area contributed by atoms with Gasteiger partial charge in [0.2, 0.25) is 0 Å². The van der Waals surface area contributed by atoms with Crippen LogP contribution in [0.4, 0.5) is 18.0 Å². The van der Waals surface area contributed by atoms with Crippen LogP contribution in [0.3, 0.4) is 0 Å². The van der Waals surface area contributed by atoms with Gasteiger partial charge in [0.15, 0.2) is 13.2 Å². The third-order valence-electron chi connectivity index (χ3n) is 7.13. The van der Waals surface area contributed by atoms with Crippen molar-refractivity contribution in [3.63, 3.8) is 0 Å². The smallest absolute Gasteiger partial charge is 0.482 e. The van der Waals surface area contributed by atoms with Crippen LogP contribution in [0, 0.1) is 17.8 Å². The van der Waals surface area contributed by atoms with Gasteiger partial charge in [-0.1, -0.05) is 64.0 Å². The quantitative estimate of drug-likeness (QED) is 0.253. The fourth-order valence-corrected chi connectivity index (χ4v) is 5.40. The Morgan fingerprint density at radius 2 is 1.78 bits per heavy atom. The number of unbranched alkanes of at least 4 members (excludes halogenated alkanes) is 5. The standard InChI is InChI=1S/C24H36O3.C3H3F3O3/c1-3-4-5-6-7-8-10-18-13-14-20-16-22-19(15-21(18)20)11-9-12-23(22)27-17-24(25)26-2;4-3(5,6)1-9-2(7)8/h9,11-12,18,20-21H,3-8,10,13-17H2,1-2H3;1H2,(H,7,8)/t18-,20?,21?;/m0./s1. The van der Waals surface area contributed by atoms with Crippen molar-refractivity contribution in [1.82, 2.24) is 0 Å². The molecular formula is C27H39F3O6.